The molecular weight excluding hydrogens is 216 g/mol. The van der Waals surface area contributed by atoms with E-state index in [1.165, 1.54) is 21.6 Å². The van der Waals surface area contributed by atoms with Crippen molar-refractivity contribution in [2.75, 3.05) is 12.3 Å². The minimum atomic E-state index is 0.515. The Morgan fingerprint density at radius 3 is 2.79 bits per heavy atom. The van der Waals surface area contributed by atoms with Gasteiger partial charge in [-0.2, -0.15) is 0 Å². The molecule has 5 heteroatoms. The second-order valence-electron chi connectivity index (χ2n) is 2.11. The maximum Gasteiger partial charge on any atom is 0.130 e. The van der Waals surface area contributed by atoms with E-state index in [-0.39, 0.29) is 0 Å². The molecule has 2 N–H and O–H groups in total. The number of hydrogen-bond acceptors (Lipinski definition) is 5. The van der Waals surface area contributed by atoms with Crippen molar-refractivity contribution in [3.63, 3.8) is 0 Å². The van der Waals surface area contributed by atoms with Crippen LogP contribution in [0.5, 0.6) is 0 Å². The number of carbonyl (C=O) groups excluding carboxylic acids is 1. The van der Waals surface area contributed by atoms with E-state index in [1.807, 2.05) is 25.1 Å². The maximum atomic E-state index is 9.94. The van der Waals surface area contributed by atoms with Gasteiger partial charge in [-0.3, -0.25) is 0 Å². The Labute approximate surface area is 92.3 Å². The lowest BCUT2D eigenvalue weighted by molar-refractivity contribution is -0.105. The normalized spacial score (nSPS) is 8.71. The summed E-state index contributed by atoms with van der Waals surface area (Å²) < 4.78 is 0. The van der Waals surface area contributed by atoms with Gasteiger partial charge >= 0.3 is 0 Å². The molecule has 0 saturated carbocycles. The van der Waals surface area contributed by atoms with Crippen LogP contribution in [0.3, 0.4) is 0 Å². The average Bonchev–Trinajstić information content (AvgIpc) is 2.21. The topological polar surface area (TPSA) is 56.0 Å². The number of pyridine rings is 1. The van der Waals surface area contributed by atoms with Gasteiger partial charge in [-0.15, -0.1) is 0 Å². The van der Waals surface area contributed by atoms with Crippen molar-refractivity contribution in [3.8, 4) is 0 Å². The zero-order chi connectivity index (χ0) is 10.6. The summed E-state index contributed by atoms with van der Waals surface area (Å²) in [5.74, 6) is 0.515. The zero-order valence-corrected chi connectivity index (χ0v) is 9.68. The molecule has 0 aliphatic rings. The van der Waals surface area contributed by atoms with Crippen LogP contribution >= 0.6 is 21.6 Å². The molecule has 1 aromatic rings. The fourth-order valence-electron chi connectivity index (χ4n) is 0.519. The molecule has 0 spiro atoms. The van der Waals surface area contributed by atoms with Gasteiger partial charge in [0.25, 0.3) is 0 Å². The van der Waals surface area contributed by atoms with Crippen molar-refractivity contribution < 1.29 is 4.79 Å². The first kappa shape index (κ1) is 13.5. The van der Waals surface area contributed by atoms with Crippen LogP contribution in [0.25, 0.3) is 0 Å². The number of rotatable bonds is 4. The highest BCUT2D eigenvalue weighted by Crippen LogP contribution is 2.27. The maximum absolute atomic E-state index is 9.94. The standard InChI is InChI=1S/C7H7NOS2.C2H7N/c9-5-6-10-11-7-3-1-2-4-8-7;1-2-3/h1-5H,6H2;2-3H2,1H3. The SMILES string of the molecule is CCN.O=CCSSc1ccccn1. The predicted octanol–water partition coefficient (Wildman–Crippen LogP) is 1.99. The third kappa shape index (κ3) is 8.10. The molecule has 0 saturated heterocycles. The van der Waals surface area contributed by atoms with Gasteiger partial charge in [0, 0.05) is 6.20 Å². The summed E-state index contributed by atoms with van der Waals surface area (Å²) >= 11 is 0. The van der Waals surface area contributed by atoms with Gasteiger partial charge < -0.3 is 10.5 Å². The van der Waals surface area contributed by atoms with Crippen molar-refractivity contribution >= 4 is 27.9 Å². The van der Waals surface area contributed by atoms with E-state index in [2.05, 4.69) is 4.98 Å². The molecule has 0 aromatic carbocycles. The first-order valence-electron chi connectivity index (χ1n) is 4.19. The van der Waals surface area contributed by atoms with Crippen molar-refractivity contribution in [1.82, 2.24) is 4.98 Å². The average molecular weight is 230 g/mol. The molecule has 0 fully saturated rings. The van der Waals surface area contributed by atoms with Gasteiger partial charge in [0.1, 0.15) is 11.3 Å². The highest BCUT2D eigenvalue weighted by Gasteiger charge is 1.92. The number of carbonyl (C=O) groups is 1. The van der Waals surface area contributed by atoms with Gasteiger partial charge in [-0.1, -0.05) is 23.8 Å². The highest BCUT2D eigenvalue weighted by molar-refractivity contribution is 8.76. The van der Waals surface area contributed by atoms with Crippen LogP contribution in [0.15, 0.2) is 29.4 Å². The van der Waals surface area contributed by atoms with Gasteiger partial charge in [0.15, 0.2) is 0 Å². The van der Waals surface area contributed by atoms with Gasteiger partial charge in [-0.25, -0.2) is 4.98 Å². The van der Waals surface area contributed by atoms with E-state index in [1.54, 1.807) is 6.20 Å². The monoisotopic (exact) mass is 230 g/mol. The van der Waals surface area contributed by atoms with Crippen LogP contribution < -0.4 is 5.73 Å². The Balaban J connectivity index is 0.000000500. The Kier molecular flexibility index (Phi) is 10.2. The molecule has 0 radical (unpaired) electrons. The number of aldehydes is 1. The molecule has 0 atom stereocenters. The van der Waals surface area contributed by atoms with E-state index < -0.39 is 0 Å². The molecule has 0 bridgehead atoms. The molecule has 0 amide bonds. The molecule has 1 rings (SSSR count). The quantitative estimate of drug-likeness (QED) is 0.487. The van der Waals surface area contributed by atoms with Crippen LogP contribution in [0, 0.1) is 0 Å². The van der Waals surface area contributed by atoms with Crippen molar-refractivity contribution in [3.05, 3.63) is 24.4 Å². The van der Waals surface area contributed by atoms with Gasteiger partial charge in [0.05, 0.1) is 5.75 Å². The fraction of sp³-hybridized carbons (Fsp3) is 0.333. The minimum absolute atomic E-state index is 0.515. The Morgan fingerprint density at radius 1 is 1.57 bits per heavy atom. The highest BCUT2D eigenvalue weighted by atomic mass is 33.1. The second kappa shape index (κ2) is 10.6. The summed E-state index contributed by atoms with van der Waals surface area (Å²) in [6, 6.07) is 5.72. The smallest absolute Gasteiger partial charge is 0.130 e. The van der Waals surface area contributed by atoms with E-state index in [0.717, 1.165) is 17.9 Å². The summed E-state index contributed by atoms with van der Waals surface area (Å²) in [5, 5.41) is 0.944. The van der Waals surface area contributed by atoms with Crippen LogP contribution in [-0.2, 0) is 4.79 Å². The Hall–Kier alpha value is -0.520. The molecule has 1 heterocycles. The van der Waals surface area contributed by atoms with E-state index in [4.69, 9.17) is 5.73 Å². The van der Waals surface area contributed by atoms with Crippen molar-refractivity contribution in [1.29, 1.82) is 0 Å². The van der Waals surface area contributed by atoms with Crippen LogP contribution in [0.2, 0.25) is 0 Å². The summed E-state index contributed by atoms with van der Waals surface area (Å²) in [6.07, 6.45) is 2.63. The van der Waals surface area contributed by atoms with Crippen molar-refractivity contribution in [2.24, 2.45) is 5.73 Å². The summed E-state index contributed by atoms with van der Waals surface area (Å²) in [5.41, 5.74) is 4.85. The Bertz CT molecular complexity index is 232. The van der Waals surface area contributed by atoms with Crippen LogP contribution in [-0.4, -0.2) is 23.6 Å². The van der Waals surface area contributed by atoms with Gasteiger partial charge in [-0.05, 0) is 29.5 Å². The molecule has 0 unspecified atom stereocenters. The molecule has 3 nitrogen and oxygen atoms in total. The lowest BCUT2D eigenvalue weighted by Gasteiger charge is -1.93. The van der Waals surface area contributed by atoms with E-state index in [0.29, 0.717) is 5.75 Å². The predicted molar refractivity (Wildman–Crippen MR) is 63.3 cm³/mol. The third-order valence-electron chi connectivity index (χ3n) is 0.918. The molecule has 78 valence electrons. The second-order valence-corrected chi connectivity index (χ2v) is 4.47. The number of aromatic nitrogens is 1. The summed E-state index contributed by atoms with van der Waals surface area (Å²) in [7, 11) is 3.01. The molecule has 1 aromatic heterocycles. The first-order valence-corrected chi connectivity index (χ1v) is 6.51. The summed E-state index contributed by atoms with van der Waals surface area (Å²) in [4.78, 5) is 14.0. The molecular formula is C9H14N2OS2. The molecule has 0 aliphatic heterocycles. The zero-order valence-electron chi connectivity index (χ0n) is 8.05. The third-order valence-corrected chi connectivity index (χ3v) is 2.99. The fourth-order valence-corrected chi connectivity index (χ4v) is 2.03. The number of nitrogens with zero attached hydrogens (tertiary/aromatic N) is 1. The summed E-state index contributed by atoms with van der Waals surface area (Å²) in [6.45, 7) is 2.65. The van der Waals surface area contributed by atoms with Crippen molar-refractivity contribution in [2.45, 2.75) is 11.9 Å². The van der Waals surface area contributed by atoms with Crippen LogP contribution in [0.1, 0.15) is 6.92 Å². The van der Waals surface area contributed by atoms with Gasteiger partial charge in [0.2, 0.25) is 0 Å². The van der Waals surface area contributed by atoms with Crippen LogP contribution in [0.4, 0.5) is 0 Å². The van der Waals surface area contributed by atoms with E-state index in [9.17, 15) is 4.79 Å². The number of nitrogens with two attached hydrogens (primary N) is 1. The minimum Gasteiger partial charge on any atom is -0.331 e. The first-order chi connectivity index (χ1) is 6.85. The molecule has 14 heavy (non-hydrogen) atoms. The lowest BCUT2D eigenvalue weighted by Crippen LogP contribution is -1.87. The Morgan fingerprint density at radius 2 is 2.29 bits per heavy atom. The largest absolute Gasteiger partial charge is 0.331 e. The molecule has 0 aliphatic carbocycles. The lowest BCUT2D eigenvalue weighted by atomic mass is 10.5. The number of hydrogen-bond donors (Lipinski definition) is 1. The van der Waals surface area contributed by atoms with E-state index >= 15 is 0 Å².